The molecule has 14 heteroatoms. The van der Waals surface area contributed by atoms with Crippen molar-refractivity contribution in [3.05, 3.63) is 62.6 Å². The topological polar surface area (TPSA) is 167 Å². The molecule has 1 aromatic heterocycles. The van der Waals surface area contributed by atoms with Gasteiger partial charge in [-0.2, -0.15) is 5.10 Å². The maximum atomic E-state index is 12.3. The molecule has 1 aliphatic rings. The van der Waals surface area contributed by atoms with E-state index >= 15 is 0 Å². The van der Waals surface area contributed by atoms with Crippen LogP contribution in [-0.2, 0) is 11.2 Å². The first-order valence-corrected chi connectivity index (χ1v) is 10.4. The first-order valence-electron chi connectivity index (χ1n) is 9.60. The number of nitro groups is 1. The van der Waals surface area contributed by atoms with Gasteiger partial charge in [0.05, 0.1) is 36.3 Å². The average Bonchev–Trinajstić information content (AvgIpc) is 3.47. The van der Waals surface area contributed by atoms with Crippen molar-refractivity contribution in [3.8, 4) is 17.2 Å². The molecule has 13 nitrogen and oxygen atoms in total. The Morgan fingerprint density at radius 1 is 1.24 bits per heavy atom. The summed E-state index contributed by atoms with van der Waals surface area (Å²) >= 11 is 1.03. The van der Waals surface area contributed by atoms with E-state index < -0.39 is 10.8 Å². The average molecular weight is 484 g/mol. The smallest absolute Gasteiger partial charge is 0.282 e. The van der Waals surface area contributed by atoms with Gasteiger partial charge in [-0.1, -0.05) is 11.3 Å². The molecule has 4 rings (SSSR count). The van der Waals surface area contributed by atoms with Crippen molar-refractivity contribution in [1.82, 2.24) is 15.6 Å². The van der Waals surface area contributed by atoms with Crippen LogP contribution in [0.25, 0.3) is 0 Å². The van der Waals surface area contributed by atoms with Gasteiger partial charge in [0.2, 0.25) is 17.8 Å². The van der Waals surface area contributed by atoms with Crippen LogP contribution in [0.5, 0.6) is 17.2 Å². The van der Waals surface area contributed by atoms with Crippen LogP contribution in [-0.4, -0.2) is 47.1 Å². The summed E-state index contributed by atoms with van der Waals surface area (Å²) in [5.74, 6) is 0.320. The maximum Gasteiger partial charge on any atom is 0.282 e. The zero-order chi connectivity index (χ0) is 24.1. The Hall–Kier alpha value is -4.59. The Morgan fingerprint density at radius 2 is 1.97 bits per heavy atom. The summed E-state index contributed by atoms with van der Waals surface area (Å²) in [6.45, 7) is -0.0335. The van der Waals surface area contributed by atoms with Gasteiger partial charge in [-0.25, -0.2) is 5.43 Å². The number of carbonyl (C=O) groups is 2. The number of hydrogen-bond acceptors (Lipinski definition) is 11. The Bertz CT molecular complexity index is 1270. The summed E-state index contributed by atoms with van der Waals surface area (Å²) in [5, 5.41) is 25.9. The van der Waals surface area contributed by atoms with Gasteiger partial charge in [0.1, 0.15) is 10.8 Å². The molecule has 0 radical (unpaired) electrons. The van der Waals surface area contributed by atoms with E-state index in [1.807, 2.05) is 0 Å². The van der Waals surface area contributed by atoms with E-state index in [1.54, 1.807) is 24.3 Å². The Kier molecular flexibility index (Phi) is 6.59. The van der Waals surface area contributed by atoms with Gasteiger partial charge in [0, 0.05) is 5.56 Å². The van der Waals surface area contributed by atoms with Crippen molar-refractivity contribution >= 4 is 40.2 Å². The number of nitrogens with one attached hydrogen (secondary N) is 2. The van der Waals surface area contributed by atoms with Crippen LogP contribution in [0.1, 0.15) is 20.9 Å². The van der Waals surface area contributed by atoms with Gasteiger partial charge in [-0.15, -0.1) is 10.2 Å². The standard InChI is InChI=1S/C20H16N6O7S/c1-31-13-4-2-11(3-5-13)19(28)22-20-25-24-18(34-20)8-17(27)23-21-9-12-6-15-16(33-10-32-15)7-14(12)26(29)30/h2-7,9H,8,10H2,1H3,(H,23,27)(H,22,25,28)/b21-9-. The number of fused-ring (bicyclic) bond motifs is 1. The fraction of sp³-hybridized carbons (Fsp3) is 0.150. The first kappa shape index (κ1) is 22.6. The van der Waals surface area contributed by atoms with Crippen LogP contribution >= 0.6 is 11.3 Å². The molecule has 2 amide bonds. The van der Waals surface area contributed by atoms with E-state index in [1.165, 1.54) is 19.2 Å². The van der Waals surface area contributed by atoms with E-state index in [2.05, 4.69) is 26.0 Å². The van der Waals surface area contributed by atoms with Gasteiger partial charge >= 0.3 is 0 Å². The van der Waals surface area contributed by atoms with E-state index in [9.17, 15) is 19.7 Å². The van der Waals surface area contributed by atoms with Crippen LogP contribution in [0.3, 0.4) is 0 Å². The van der Waals surface area contributed by atoms with Crippen LogP contribution in [0, 0.1) is 10.1 Å². The molecule has 0 saturated heterocycles. The number of carbonyl (C=O) groups excluding carboxylic acids is 2. The minimum atomic E-state index is -0.589. The molecule has 34 heavy (non-hydrogen) atoms. The zero-order valence-corrected chi connectivity index (χ0v) is 18.3. The molecule has 0 bridgehead atoms. The number of rotatable bonds is 8. The van der Waals surface area contributed by atoms with Crippen LogP contribution in [0.15, 0.2) is 41.5 Å². The highest BCUT2D eigenvalue weighted by molar-refractivity contribution is 7.15. The molecular weight excluding hydrogens is 468 g/mol. The number of aromatic nitrogens is 2. The van der Waals surface area contributed by atoms with Crippen molar-refractivity contribution in [2.45, 2.75) is 6.42 Å². The monoisotopic (exact) mass is 484 g/mol. The zero-order valence-electron chi connectivity index (χ0n) is 17.5. The molecule has 1 aliphatic heterocycles. The number of anilines is 1. The predicted octanol–water partition coefficient (Wildman–Crippen LogP) is 2.13. The van der Waals surface area contributed by atoms with Gasteiger partial charge < -0.3 is 14.2 Å². The van der Waals surface area contributed by atoms with Gasteiger partial charge in [0.15, 0.2) is 11.5 Å². The van der Waals surface area contributed by atoms with E-state index in [-0.39, 0.29) is 41.3 Å². The van der Waals surface area contributed by atoms with Gasteiger partial charge in [-0.3, -0.25) is 25.0 Å². The number of ether oxygens (including phenoxy) is 3. The lowest BCUT2D eigenvalue weighted by Gasteiger charge is -2.02. The molecule has 0 spiro atoms. The molecule has 0 aliphatic carbocycles. The molecule has 0 fully saturated rings. The second-order valence-corrected chi connectivity index (χ2v) is 7.74. The lowest BCUT2D eigenvalue weighted by atomic mass is 10.1. The largest absolute Gasteiger partial charge is 0.497 e. The molecule has 2 aromatic carbocycles. The van der Waals surface area contributed by atoms with Crippen molar-refractivity contribution in [2.75, 3.05) is 19.2 Å². The van der Waals surface area contributed by atoms with Crippen molar-refractivity contribution < 1.29 is 28.7 Å². The third-order valence-corrected chi connectivity index (χ3v) is 5.30. The summed E-state index contributed by atoms with van der Waals surface area (Å²) < 4.78 is 15.4. The summed E-state index contributed by atoms with van der Waals surface area (Å²) in [4.78, 5) is 35.1. The number of nitro benzene ring substituents is 1. The van der Waals surface area contributed by atoms with Crippen molar-refractivity contribution in [1.29, 1.82) is 0 Å². The summed E-state index contributed by atoms with van der Waals surface area (Å²) in [7, 11) is 1.53. The molecule has 174 valence electrons. The number of amides is 2. The number of hydrazone groups is 1. The lowest BCUT2D eigenvalue weighted by molar-refractivity contribution is -0.385. The highest BCUT2D eigenvalue weighted by atomic mass is 32.1. The van der Waals surface area contributed by atoms with Crippen molar-refractivity contribution in [2.24, 2.45) is 5.10 Å². The number of hydrogen-bond donors (Lipinski definition) is 2. The van der Waals surface area contributed by atoms with Crippen molar-refractivity contribution in [3.63, 3.8) is 0 Å². The van der Waals surface area contributed by atoms with Crippen LogP contribution in [0.2, 0.25) is 0 Å². The molecule has 0 atom stereocenters. The predicted molar refractivity (Wildman–Crippen MR) is 120 cm³/mol. The SMILES string of the molecule is COc1ccc(C(=O)Nc2nnc(CC(=O)N/N=C\c3cc4c(cc3[N+](=O)[O-])OCO4)s2)cc1. The second kappa shape index (κ2) is 9.91. The second-order valence-electron chi connectivity index (χ2n) is 6.67. The van der Waals surface area contributed by atoms with E-state index in [0.717, 1.165) is 17.6 Å². The number of methoxy groups -OCH3 is 1. The summed E-state index contributed by atoms with van der Waals surface area (Å²) in [6.07, 6.45) is 0.981. The summed E-state index contributed by atoms with van der Waals surface area (Å²) in [5.41, 5.74) is 2.57. The third-order valence-electron chi connectivity index (χ3n) is 4.46. The molecule has 0 saturated carbocycles. The quantitative estimate of drug-likeness (QED) is 0.276. The fourth-order valence-electron chi connectivity index (χ4n) is 2.85. The highest BCUT2D eigenvalue weighted by Gasteiger charge is 2.22. The molecule has 2 heterocycles. The Morgan fingerprint density at radius 3 is 2.68 bits per heavy atom. The third kappa shape index (κ3) is 5.24. The molecule has 3 aromatic rings. The highest BCUT2D eigenvalue weighted by Crippen LogP contribution is 2.37. The first-order chi connectivity index (χ1) is 16.4. The summed E-state index contributed by atoms with van der Waals surface area (Å²) in [6, 6.07) is 9.15. The van der Waals surface area contributed by atoms with Crippen LogP contribution in [0.4, 0.5) is 10.8 Å². The minimum Gasteiger partial charge on any atom is -0.497 e. The molecular formula is C20H16N6O7S. The molecule has 2 N–H and O–H groups in total. The number of nitrogens with zero attached hydrogens (tertiary/aromatic N) is 4. The number of benzene rings is 2. The van der Waals surface area contributed by atoms with E-state index in [4.69, 9.17) is 14.2 Å². The minimum absolute atomic E-state index is 0.0335. The van der Waals surface area contributed by atoms with Crippen LogP contribution < -0.4 is 25.0 Å². The lowest BCUT2D eigenvalue weighted by Crippen LogP contribution is -2.19. The normalized spacial score (nSPS) is 11.9. The van der Waals surface area contributed by atoms with E-state index in [0.29, 0.717) is 22.1 Å². The van der Waals surface area contributed by atoms with Gasteiger partial charge in [-0.05, 0) is 30.3 Å². The maximum absolute atomic E-state index is 12.3. The molecule has 0 unspecified atom stereocenters. The van der Waals surface area contributed by atoms with Gasteiger partial charge in [0.25, 0.3) is 11.6 Å². The fourth-order valence-corrected chi connectivity index (χ4v) is 3.58. The Labute approximate surface area is 195 Å². The Balaban J connectivity index is 1.33.